The minimum atomic E-state index is -0.231. The standard InChI is InChI=1S/C24H22N4O2/c1-16(2)30-21-11-4-3-9-19(21)27-22-15-18(12-14-25-22)24(29)28-20-10-5-7-17-8-6-13-26-23(17)20/h3-16H,1-2H3,(H,25,27)(H,28,29). The van der Waals surface area contributed by atoms with Crippen LogP contribution in [-0.4, -0.2) is 22.0 Å². The van der Waals surface area contributed by atoms with Gasteiger partial charge in [0.15, 0.2) is 0 Å². The van der Waals surface area contributed by atoms with Crippen LogP contribution in [0.25, 0.3) is 10.9 Å². The molecule has 0 bridgehead atoms. The lowest BCUT2D eigenvalue weighted by molar-refractivity contribution is 0.102. The number of benzene rings is 2. The fourth-order valence-electron chi connectivity index (χ4n) is 3.10. The summed E-state index contributed by atoms with van der Waals surface area (Å²) in [4.78, 5) is 21.6. The Morgan fingerprint density at radius 3 is 2.57 bits per heavy atom. The zero-order valence-electron chi connectivity index (χ0n) is 16.8. The normalized spacial score (nSPS) is 10.8. The highest BCUT2D eigenvalue weighted by molar-refractivity contribution is 6.08. The summed E-state index contributed by atoms with van der Waals surface area (Å²) in [6, 6.07) is 20.5. The summed E-state index contributed by atoms with van der Waals surface area (Å²) in [6.45, 7) is 3.95. The summed E-state index contributed by atoms with van der Waals surface area (Å²) in [6.07, 6.45) is 3.36. The van der Waals surface area contributed by atoms with Crippen LogP contribution in [0.5, 0.6) is 5.75 Å². The average molecular weight is 398 g/mol. The summed E-state index contributed by atoms with van der Waals surface area (Å²) in [7, 11) is 0. The van der Waals surface area contributed by atoms with Gasteiger partial charge in [-0.1, -0.05) is 30.3 Å². The second-order valence-electron chi connectivity index (χ2n) is 7.05. The number of para-hydroxylation sites is 3. The van der Waals surface area contributed by atoms with Gasteiger partial charge in [-0.2, -0.15) is 0 Å². The van der Waals surface area contributed by atoms with Gasteiger partial charge in [-0.25, -0.2) is 4.98 Å². The van der Waals surface area contributed by atoms with E-state index in [9.17, 15) is 4.79 Å². The molecule has 1 amide bonds. The van der Waals surface area contributed by atoms with Crippen molar-refractivity contribution < 1.29 is 9.53 Å². The van der Waals surface area contributed by atoms with Crippen molar-refractivity contribution in [3.8, 4) is 5.75 Å². The van der Waals surface area contributed by atoms with Crippen molar-refractivity contribution >= 4 is 34.0 Å². The van der Waals surface area contributed by atoms with Gasteiger partial charge in [0.1, 0.15) is 11.6 Å². The largest absolute Gasteiger partial charge is 0.489 e. The van der Waals surface area contributed by atoms with Gasteiger partial charge in [-0.3, -0.25) is 9.78 Å². The van der Waals surface area contributed by atoms with E-state index in [4.69, 9.17) is 4.74 Å². The Hall–Kier alpha value is -3.93. The highest BCUT2D eigenvalue weighted by Gasteiger charge is 2.11. The molecule has 0 saturated carbocycles. The molecule has 0 fully saturated rings. The van der Waals surface area contributed by atoms with E-state index in [1.807, 2.05) is 68.4 Å². The van der Waals surface area contributed by atoms with E-state index in [2.05, 4.69) is 20.6 Å². The molecule has 4 aromatic rings. The van der Waals surface area contributed by atoms with Gasteiger partial charge in [0.25, 0.3) is 5.91 Å². The number of nitrogens with zero attached hydrogens (tertiary/aromatic N) is 2. The third-order valence-electron chi connectivity index (χ3n) is 4.42. The lowest BCUT2D eigenvalue weighted by Crippen LogP contribution is -2.13. The molecule has 150 valence electrons. The SMILES string of the molecule is CC(C)Oc1ccccc1Nc1cc(C(=O)Nc2cccc3cccnc23)ccn1. The number of hydrogen-bond acceptors (Lipinski definition) is 5. The maximum absolute atomic E-state index is 12.9. The monoisotopic (exact) mass is 398 g/mol. The van der Waals surface area contributed by atoms with Gasteiger partial charge in [0, 0.05) is 23.3 Å². The average Bonchev–Trinajstić information content (AvgIpc) is 2.75. The molecule has 6 nitrogen and oxygen atoms in total. The molecule has 30 heavy (non-hydrogen) atoms. The van der Waals surface area contributed by atoms with Crippen LogP contribution in [0.2, 0.25) is 0 Å². The fourth-order valence-corrected chi connectivity index (χ4v) is 3.10. The number of pyridine rings is 2. The molecule has 0 aliphatic carbocycles. The first-order valence-electron chi connectivity index (χ1n) is 9.74. The quantitative estimate of drug-likeness (QED) is 0.454. The van der Waals surface area contributed by atoms with Crippen LogP contribution in [-0.2, 0) is 0 Å². The number of carbonyl (C=O) groups is 1. The highest BCUT2D eigenvalue weighted by Crippen LogP contribution is 2.28. The van der Waals surface area contributed by atoms with E-state index in [1.54, 1.807) is 24.5 Å². The summed E-state index contributed by atoms with van der Waals surface area (Å²) in [5, 5.41) is 7.15. The van der Waals surface area contributed by atoms with Gasteiger partial charge in [0.2, 0.25) is 0 Å². The molecule has 0 atom stereocenters. The number of fused-ring (bicyclic) bond motifs is 1. The lowest BCUT2D eigenvalue weighted by atomic mass is 10.1. The van der Waals surface area contributed by atoms with Crippen LogP contribution >= 0.6 is 0 Å². The Labute approximate surface area is 175 Å². The molecular formula is C24H22N4O2. The molecule has 4 rings (SSSR count). The first-order valence-corrected chi connectivity index (χ1v) is 9.74. The Kier molecular flexibility index (Phi) is 5.57. The number of ether oxygens (including phenoxy) is 1. The maximum Gasteiger partial charge on any atom is 0.255 e. The smallest absolute Gasteiger partial charge is 0.255 e. The van der Waals surface area contributed by atoms with Crippen molar-refractivity contribution in [3.63, 3.8) is 0 Å². The second kappa shape index (κ2) is 8.61. The number of aromatic nitrogens is 2. The van der Waals surface area contributed by atoms with Crippen LogP contribution < -0.4 is 15.4 Å². The summed E-state index contributed by atoms with van der Waals surface area (Å²) in [5.41, 5.74) is 2.69. The predicted octanol–water partition coefficient (Wildman–Crippen LogP) is 5.41. The first kappa shape index (κ1) is 19.4. The molecule has 6 heteroatoms. The summed E-state index contributed by atoms with van der Waals surface area (Å²) in [5.74, 6) is 1.05. The number of carbonyl (C=O) groups excluding carboxylic acids is 1. The Bertz CT molecular complexity index is 1190. The van der Waals surface area contributed by atoms with Crippen molar-refractivity contribution in [1.82, 2.24) is 9.97 Å². The lowest BCUT2D eigenvalue weighted by Gasteiger charge is -2.15. The van der Waals surface area contributed by atoms with Crippen molar-refractivity contribution in [3.05, 3.63) is 84.7 Å². The van der Waals surface area contributed by atoms with Crippen LogP contribution in [0.3, 0.4) is 0 Å². The molecule has 2 aromatic heterocycles. The van der Waals surface area contributed by atoms with E-state index < -0.39 is 0 Å². The van der Waals surface area contributed by atoms with Crippen molar-refractivity contribution in [2.45, 2.75) is 20.0 Å². The zero-order valence-corrected chi connectivity index (χ0v) is 16.8. The third kappa shape index (κ3) is 4.38. The first-order chi connectivity index (χ1) is 14.6. The van der Waals surface area contributed by atoms with Crippen LogP contribution in [0.4, 0.5) is 17.2 Å². The molecule has 0 radical (unpaired) electrons. The van der Waals surface area contributed by atoms with E-state index in [1.165, 1.54) is 0 Å². The van der Waals surface area contributed by atoms with Gasteiger partial charge < -0.3 is 15.4 Å². The number of nitrogens with one attached hydrogen (secondary N) is 2. The molecule has 0 spiro atoms. The predicted molar refractivity (Wildman–Crippen MR) is 119 cm³/mol. The molecule has 2 aromatic carbocycles. The number of amides is 1. The molecular weight excluding hydrogens is 376 g/mol. The molecule has 0 aliphatic rings. The molecule has 0 aliphatic heterocycles. The molecule has 0 saturated heterocycles. The maximum atomic E-state index is 12.9. The van der Waals surface area contributed by atoms with E-state index >= 15 is 0 Å². The zero-order chi connectivity index (χ0) is 20.9. The number of hydrogen-bond donors (Lipinski definition) is 2. The Balaban J connectivity index is 1.56. The summed E-state index contributed by atoms with van der Waals surface area (Å²) < 4.78 is 5.84. The second-order valence-corrected chi connectivity index (χ2v) is 7.05. The van der Waals surface area contributed by atoms with E-state index in [-0.39, 0.29) is 12.0 Å². The highest BCUT2D eigenvalue weighted by atomic mass is 16.5. The van der Waals surface area contributed by atoms with E-state index in [0.29, 0.717) is 17.1 Å². The third-order valence-corrected chi connectivity index (χ3v) is 4.42. The van der Waals surface area contributed by atoms with Crippen LogP contribution in [0.15, 0.2) is 79.1 Å². The van der Waals surface area contributed by atoms with E-state index in [0.717, 1.165) is 22.3 Å². The van der Waals surface area contributed by atoms with Crippen molar-refractivity contribution in [1.29, 1.82) is 0 Å². The fraction of sp³-hybridized carbons (Fsp3) is 0.125. The summed E-state index contributed by atoms with van der Waals surface area (Å²) >= 11 is 0. The minimum Gasteiger partial charge on any atom is -0.489 e. The number of anilines is 3. The van der Waals surface area contributed by atoms with Crippen molar-refractivity contribution in [2.24, 2.45) is 0 Å². The van der Waals surface area contributed by atoms with Crippen molar-refractivity contribution in [2.75, 3.05) is 10.6 Å². The molecule has 2 N–H and O–H groups in total. The van der Waals surface area contributed by atoms with Gasteiger partial charge in [-0.15, -0.1) is 0 Å². The topological polar surface area (TPSA) is 76.1 Å². The molecule has 2 heterocycles. The van der Waals surface area contributed by atoms with Crippen LogP contribution in [0, 0.1) is 0 Å². The van der Waals surface area contributed by atoms with Crippen LogP contribution in [0.1, 0.15) is 24.2 Å². The Morgan fingerprint density at radius 1 is 0.900 bits per heavy atom. The number of rotatable bonds is 6. The molecule has 0 unspecified atom stereocenters. The minimum absolute atomic E-state index is 0.0485. The van der Waals surface area contributed by atoms with Gasteiger partial charge in [-0.05, 0) is 50.2 Å². The van der Waals surface area contributed by atoms with Gasteiger partial charge >= 0.3 is 0 Å². The Morgan fingerprint density at radius 2 is 1.70 bits per heavy atom. The van der Waals surface area contributed by atoms with Gasteiger partial charge in [0.05, 0.1) is 23.0 Å².